The van der Waals surface area contributed by atoms with Crippen molar-refractivity contribution in [1.29, 1.82) is 0 Å². The molecule has 0 aromatic heterocycles. The van der Waals surface area contributed by atoms with Crippen molar-refractivity contribution in [3.05, 3.63) is 12.2 Å². The van der Waals surface area contributed by atoms with Crippen LogP contribution in [0.4, 0.5) is 0 Å². The molecule has 0 spiro atoms. The number of nitrogens with zero attached hydrogens (tertiary/aromatic N) is 1. The monoisotopic (exact) mass is 247 g/mol. The quantitative estimate of drug-likeness (QED) is 0.715. The molecule has 0 aromatic rings. The molecule has 6 heteroatoms. The Kier molecular flexibility index (Phi) is 4.49. The van der Waals surface area contributed by atoms with Gasteiger partial charge in [-0.2, -0.15) is 0 Å². The first-order valence-corrected chi connectivity index (χ1v) is 7.04. The molecule has 1 fully saturated rings. The van der Waals surface area contributed by atoms with Crippen LogP contribution in [0.5, 0.6) is 0 Å². The summed E-state index contributed by atoms with van der Waals surface area (Å²) >= 11 is 0. The summed E-state index contributed by atoms with van der Waals surface area (Å²) < 4.78 is 22.8. The van der Waals surface area contributed by atoms with Crippen LogP contribution < -0.4 is 0 Å². The van der Waals surface area contributed by atoms with Crippen LogP contribution in [0, 0.1) is 0 Å². The lowest BCUT2D eigenvalue weighted by molar-refractivity contribution is -0.138. The fraction of sp³-hybridized carbons (Fsp3) is 0.700. The Hall–Kier alpha value is -0.880. The van der Waals surface area contributed by atoms with Gasteiger partial charge in [-0.25, -0.2) is 8.42 Å². The van der Waals surface area contributed by atoms with Gasteiger partial charge in [-0.05, 0) is 6.92 Å². The van der Waals surface area contributed by atoms with Crippen molar-refractivity contribution in [2.45, 2.75) is 19.4 Å². The molecule has 1 saturated heterocycles. The first kappa shape index (κ1) is 13.2. The summed E-state index contributed by atoms with van der Waals surface area (Å²) in [6.07, 6.45) is 3.67. The van der Waals surface area contributed by atoms with E-state index in [4.69, 9.17) is 5.11 Å². The number of sulfone groups is 1. The molecule has 0 saturated carbocycles. The molecule has 0 aromatic carbocycles. The third-order valence-electron chi connectivity index (χ3n) is 2.64. The average molecular weight is 247 g/mol. The van der Waals surface area contributed by atoms with Crippen molar-refractivity contribution in [2.75, 3.05) is 24.6 Å². The Bertz CT molecular complexity index is 374. The van der Waals surface area contributed by atoms with E-state index in [1.54, 1.807) is 0 Å². The van der Waals surface area contributed by atoms with Gasteiger partial charge in [0.15, 0.2) is 9.84 Å². The number of aliphatic carboxylic acids is 1. The number of carboxylic acids is 1. The molecule has 0 amide bonds. The van der Waals surface area contributed by atoms with Gasteiger partial charge in [0.2, 0.25) is 0 Å². The van der Waals surface area contributed by atoms with Crippen molar-refractivity contribution in [2.24, 2.45) is 0 Å². The van der Waals surface area contributed by atoms with E-state index in [9.17, 15) is 13.2 Å². The predicted octanol–water partition coefficient (Wildman–Crippen LogP) is 0.136. The number of hydrogen-bond acceptors (Lipinski definition) is 4. The van der Waals surface area contributed by atoms with E-state index in [0.717, 1.165) is 0 Å². The summed E-state index contributed by atoms with van der Waals surface area (Å²) in [5, 5.41) is 8.74. The van der Waals surface area contributed by atoms with Crippen molar-refractivity contribution >= 4 is 15.8 Å². The van der Waals surface area contributed by atoms with Crippen LogP contribution in [0.25, 0.3) is 0 Å². The summed E-state index contributed by atoms with van der Waals surface area (Å²) in [6, 6.07) is -0.396. The van der Waals surface area contributed by atoms with Gasteiger partial charge in [-0.1, -0.05) is 12.2 Å². The molecule has 0 aliphatic carbocycles. The molecule has 1 unspecified atom stereocenters. The maximum absolute atomic E-state index is 11.4. The fourth-order valence-electron chi connectivity index (χ4n) is 1.79. The summed E-state index contributed by atoms with van der Waals surface area (Å²) in [7, 11) is -3.06. The van der Waals surface area contributed by atoms with Crippen LogP contribution in [0.3, 0.4) is 0 Å². The fourth-order valence-corrected chi connectivity index (χ4v) is 3.39. The minimum absolute atomic E-state index is 0.0448. The molecule has 1 N–H and O–H groups in total. The lowest BCUT2D eigenvalue weighted by atomic mass is 10.2. The van der Waals surface area contributed by atoms with Crippen molar-refractivity contribution in [3.63, 3.8) is 0 Å². The molecule has 1 rings (SSSR count). The Balaban J connectivity index is 2.71. The topological polar surface area (TPSA) is 74.7 Å². The van der Waals surface area contributed by atoms with E-state index in [1.165, 1.54) is 0 Å². The van der Waals surface area contributed by atoms with E-state index in [2.05, 4.69) is 0 Å². The van der Waals surface area contributed by atoms with E-state index < -0.39 is 21.8 Å². The second-order valence-corrected chi connectivity index (χ2v) is 6.16. The summed E-state index contributed by atoms with van der Waals surface area (Å²) in [5.74, 6) is -0.870. The molecule has 5 nitrogen and oxygen atoms in total. The average Bonchev–Trinajstić information content (AvgIpc) is 2.14. The third-order valence-corrected chi connectivity index (χ3v) is 4.34. The summed E-state index contributed by atoms with van der Waals surface area (Å²) in [4.78, 5) is 12.6. The molecule has 92 valence electrons. The highest BCUT2D eigenvalue weighted by Crippen LogP contribution is 2.14. The van der Waals surface area contributed by atoms with Crippen LogP contribution in [-0.2, 0) is 14.6 Å². The second-order valence-electron chi connectivity index (χ2n) is 3.93. The van der Waals surface area contributed by atoms with Crippen molar-refractivity contribution in [3.8, 4) is 0 Å². The van der Waals surface area contributed by atoms with Gasteiger partial charge in [0.1, 0.15) is 0 Å². The normalized spacial score (nSPS) is 25.9. The van der Waals surface area contributed by atoms with E-state index in [-0.39, 0.29) is 17.9 Å². The van der Waals surface area contributed by atoms with Crippen LogP contribution in [0.15, 0.2) is 12.2 Å². The Morgan fingerprint density at radius 1 is 1.56 bits per heavy atom. The lowest BCUT2D eigenvalue weighted by Gasteiger charge is -2.33. The van der Waals surface area contributed by atoms with Gasteiger partial charge in [0, 0.05) is 19.1 Å². The zero-order valence-corrected chi connectivity index (χ0v) is 10.1. The number of allylic oxidation sites excluding steroid dienone is 1. The summed E-state index contributed by atoms with van der Waals surface area (Å²) in [5.41, 5.74) is 0. The van der Waals surface area contributed by atoms with Gasteiger partial charge in [0.25, 0.3) is 0 Å². The number of hydrogen-bond donors (Lipinski definition) is 1. The Morgan fingerprint density at radius 3 is 2.81 bits per heavy atom. The first-order chi connectivity index (χ1) is 7.44. The van der Waals surface area contributed by atoms with Crippen molar-refractivity contribution < 1.29 is 18.3 Å². The van der Waals surface area contributed by atoms with Crippen LogP contribution in [0.2, 0.25) is 0 Å². The molecule has 1 atom stereocenters. The number of carbonyl (C=O) groups is 1. The second kappa shape index (κ2) is 5.45. The number of rotatable bonds is 4. The third kappa shape index (κ3) is 3.94. The standard InChI is InChI=1S/C10H17NO4S/c1-2-3-4-11-5-6-16(14,15)8-9(11)7-10(12)13/h2-3,9H,4-8H2,1H3,(H,12,13)/b3-2+. The van der Waals surface area contributed by atoms with Crippen LogP contribution >= 0.6 is 0 Å². The lowest BCUT2D eigenvalue weighted by Crippen LogP contribution is -2.49. The zero-order chi connectivity index (χ0) is 12.2. The van der Waals surface area contributed by atoms with Gasteiger partial charge in [-0.3, -0.25) is 9.69 Å². The molecular weight excluding hydrogens is 230 g/mol. The maximum atomic E-state index is 11.4. The Morgan fingerprint density at radius 2 is 2.25 bits per heavy atom. The molecule has 1 aliphatic rings. The van der Waals surface area contributed by atoms with Gasteiger partial charge in [-0.15, -0.1) is 0 Å². The van der Waals surface area contributed by atoms with Crippen LogP contribution in [-0.4, -0.2) is 55.0 Å². The highest BCUT2D eigenvalue weighted by atomic mass is 32.2. The number of carboxylic acid groups (broad SMARTS) is 1. The van der Waals surface area contributed by atoms with Gasteiger partial charge in [0.05, 0.1) is 17.9 Å². The van der Waals surface area contributed by atoms with E-state index >= 15 is 0 Å². The van der Waals surface area contributed by atoms with E-state index in [0.29, 0.717) is 13.1 Å². The highest BCUT2D eigenvalue weighted by molar-refractivity contribution is 7.91. The minimum atomic E-state index is -3.06. The zero-order valence-electron chi connectivity index (χ0n) is 9.30. The molecule has 0 bridgehead atoms. The Labute approximate surface area is 95.7 Å². The van der Waals surface area contributed by atoms with Gasteiger partial charge >= 0.3 is 5.97 Å². The maximum Gasteiger partial charge on any atom is 0.304 e. The predicted molar refractivity (Wildman–Crippen MR) is 61.1 cm³/mol. The SMILES string of the molecule is C/C=C/CN1CCS(=O)(=O)CC1CC(=O)O. The molecule has 1 aliphatic heterocycles. The van der Waals surface area contributed by atoms with Crippen LogP contribution in [0.1, 0.15) is 13.3 Å². The smallest absolute Gasteiger partial charge is 0.304 e. The summed E-state index contributed by atoms with van der Waals surface area (Å²) in [6.45, 7) is 2.92. The van der Waals surface area contributed by atoms with Crippen molar-refractivity contribution in [1.82, 2.24) is 4.90 Å². The molecular formula is C10H17NO4S. The first-order valence-electron chi connectivity index (χ1n) is 5.22. The van der Waals surface area contributed by atoms with E-state index in [1.807, 2.05) is 24.0 Å². The molecule has 16 heavy (non-hydrogen) atoms. The highest BCUT2D eigenvalue weighted by Gasteiger charge is 2.31. The largest absolute Gasteiger partial charge is 0.481 e. The minimum Gasteiger partial charge on any atom is -0.481 e. The molecule has 0 radical (unpaired) electrons. The molecule has 1 heterocycles. The van der Waals surface area contributed by atoms with Gasteiger partial charge < -0.3 is 5.11 Å².